The van der Waals surface area contributed by atoms with Crippen molar-refractivity contribution in [2.45, 2.75) is 49.1 Å². The Morgan fingerprint density at radius 2 is 1.48 bits per heavy atom. The quantitative estimate of drug-likeness (QED) is 0.158. The minimum atomic E-state index is -5.06. The van der Waals surface area contributed by atoms with Crippen LogP contribution in [0.3, 0.4) is 0 Å². The van der Waals surface area contributed by atoms with Crippen molar-refractivity contribution in [3.63, 3.8) is 0 Å². The third-order valence-electron chi connectivity index (χ3n) is 6.72. The number of fused-ring (bicyclic) bond motifs is 3. The summed E-state index contributed by atoms with van der Waals surface area (Å²) in [6.45, 7) is -1.70. The summed E-state index contributed by atoms with van der Waals surface area (Å²) in [5.41, 5.74) is 4.39. The molecule has 228 valence electrons. The fourth-order valence-corrected chi connectivity index (χ4v) is 6.74. The van der Waals surface area contributed by atoms with E-state index >= 15 is 0 Å². The lowest BCUT2D eigenvalue weighted by atomic mass is 10.1. The van der Waals surface area contributed by atoms with E-state index in [-0.39, 0.29) is 17.0 Å². The predicted molar refractivity (Wildman–Crippen MR) is 132 cm³/mol. The topological polar surface area (TPSA) is 295 Å². The van der Waals surface area contributed by atoms with E-state index in [1.807, 2.05) is 4.98 Å². The zero-order valence-electron chi connectivity index (χ0n) is 20.9. The summed E-state index contributed by atoms with van der Waals surface area (Å²) >= 11 is 0. The van der Waals surface area contributed by atoms with Crippen molar-refractivity contribution in [3.8, 4) is 0 Å². The van der Waals surface area contributed by atoms with Crippen molar-refractivity contribution in [3.05, 3.63) is 45.8 Å². The number of H-pyrrole nitrogens is 1. The first kappa shape index (κ1) is 29.2. The van der Waals surface area contributed by atoms with Crippen LogP contribution >= 0.6 is 15.6 Å². The number of nitrogens with two attached hydrogens (primary N) is 1. The Labute approximate surface area is 232 Å². The minimum absolute atomic E-state index is 0.0339. The monoisotopic (exact) mass is 635 g/mol. The molecule has 0 saturated carbocycles. The number of phosphoric ester groups is 2. The second-order valence-electron chi connectivity index (χ2n) is 9.38. The van der Waals surface area contributed by atoms with Crippen LogP contribution in [0.2, 0.25) is 0 Å². The molecule has 10 atom stereocenters. The molecule has 6 heterocycles. The third kappa shape index (κ3) is 5.34. The number of aromatic amines is 1. The zero-order valence-corrected chi connectivity index (χ0v) is 22.7. The summed E-state index contributed by atoms with van der Waals surface area (Å²) in [7, 11) is -10.1. The molecule has 0 amide bonds. The molecule has 23 heteroatoms. The molecule has 3 fully saturated rings. The number of nitrogen functional groups attached to an aromatic ring is 1. The second-order valence-corrected chi connectivity index (χ2v) is 12.2. The maximum absolute atomic E-state index is 12.9. The van der Waals surface area contributed by atoms with Crippen LogP contribution in [0.25, 0.3) is 11.2 Å². The minimum Gasteiger partial charge on any atom is -0.386 e. The van der Waals surface area contributed by atoms with E-state index in [9.17, 15) is 38.7 Å². The summed E-state index contributed by atoms with van der Waals surface area (Å²) in [5.74, 6) is 0.0339. The average Bonchev–Trinajstić information content (AvgIpc) is 3.57. The predicted octanol–water partition coefficient (Wildman–Crippen LogP) is -2.51. The van der Waals surface area contributed by atoms with Gasteiger partial charge in [-0.15, -0.1) is 0 Å². The molecule has 0 aromatic carbocycles. The molecule has 0 bridgehead atoms. The number of nitrogens with zero attached hydrogens (tertiary/aromatic N) is 5. The molecule has 21 nitrogen and oxygen atoms in total. The van der Waals surface area contributed by atoms with E-state index in [2.05, 4.69) is 15.0 Å². The number of aromatic nitrogens is 6. The fourth-order valence-electron chi connectivity index (χ4n) is 4.82. The Hall–Kier alpha value is -2.91. The first-order chi connectivity index (χ1) is 19.8. The first-order valence-electron chi connectivity index (χ1n) is 12.1. The van der Waals surface area contributed by atoms with Crippen molar-refractivity contribution in [1.82, 2.24) is 29.1 Å². The van der Waals surface area contributed by atoms with Crippen LogP contribution in [0.5, 0.6) is 0 Å². The highest BCUT2D eigenvalue weighted by atomic mass is 31.2. The van der Waals surface area contributed by atoms with Gasteiger partial charge in [0.15, 0.2) is 23.9 Å². The highest BCUT2D eigenvalue weighted by molar-refractivity contribution is 7.47. The third-order valence-corrected chi connectivity index (χ3v) is 8.69. The zero-order chi connectivity index (χ0) is 30.0. The molecule has 6 rings (SSSR count). The Bertz CT molecular complexity index is 1710. The Balaban J connectivity index is 1.28. The van der Waals surface area contributed by atoms with Crippen molar-refractivity contribution in [1.29, 1.82) is 0 Å². The number of aliphatic hydroxyl groups excluding tert-OH is 2. The maximum Gasteiger partial charge on any atom is 0.472 e. The van der Waals surface area contributed by atoms with Crippen molar-refractivity contribution in [2.24, 2.45) is 0 Å². The van der Waals surface area contributed by atoms with Gasteiger partial charge in [0.1, 0.15) is 48.5 Å². The van der Waals surface area contributed by atoms with Gasteiger partial charge in [-0.1, -0.05) is 0 Å². The van der Waals surface area contributed by atoms with Gasteiger partial charge in [0.05, 0.1) is 19.5 Å². The molecular formula is C19H23N7O14P2. The standard InChI is InChI=1S/C19H23N7O14P2/c20-15-10-16(22-5-21-15)26(6-23-10)18-12(29)14-8(38-18)4-36-41(31,32)39-13-7(3-35-42(33,34)40-14)37-17(11(13)28)25-2-1-9(27)24-19(25)30/h1-2,5-8,11-14,17-18,28-29H,3-4H2,(H,31,32)(H,33,34)(H2,20,21,22)(H,24,27,30)/t7-,8-,11+,12-,13+,14-,17+,18-/m1/s1. The van der Waals surface area contributed by atoms with Gasteiger partial charge in [-0.25, -0.2) is 28.9 Å². The molecule has 3 saturated heterocycles. The molecular weight excluding hydrogens is 612 g/mol. The molecule has 0 aliphatic carbocycles. The fraction of sp³-hybridized carbons (Fsp3) is 0.526. The van der Waals surface area contributed by atoms with Crippen LogP contribution in [0.15, 0.2) is 34.5 Å². The van der Waals surface area contributed by atoms with Gasteiger partial charge >= 0.3 is 21.3 Å². The molecule has 3 aliphatic rings. The molecule has 42 heavy (non-hydrogen) atoms. The van der Waals surface area contributed by atoms with E-state index in [1.165, 1.54) is 10.9 Å². The van der Waals surface area contributed by atoms with Gasteiger partial charge in [-0.05, 0) is 0 Å². The number of aliphatic hydroxyl groups is 2. The summed E-state index contributed by atoms with van der Waals surface area (Å²) in [6.07, 6.45) is -9.51. The molecule has 0 radical (unpaired) electrons. The number of rotatable bonds is 2. The van der Waals surface area contributed by atoms with Gasteiger partial charge in [0, 0.05) is 12.3 Å². The Morgan fingerprint density at radius 1 is 0.905 bits per heavy atom. The lowest BCUT2D eigenvalue weighted by molar-refractivity contribution is -0.0675. The molecule has 2 unspecified atom stereocenters. The lowest BCUT2D eigenvalue weighted by Crippen LogP contribution is -2.40. The maximum atomic E-state index is 12.9. The van der Waals surface area contributed by atoms with Gasteiger partial charge < -0.3 is 35.2 Å². The van der Waals surface area contributed by atoms with Crippen LogP contribution in [0, 0.1) is 0 Å². The van der Waals surface area contributed by atoms with E-state index < -0.39 is 89.2 Å². The Kier molecular flexibility index (Phi) is 7.41. The number of hydrogen-bond acceptors (Lipinski definition) is 16. The van der Waals surface area contributed by atoms with Gasteiger partial charge in [0.25, 0.3) is 5.56 Å². The van der Waals surface area contributed by atoms with Crippen LogP contribution < -0.4 is 17.0 Å². The van der Waals surface area contributed by atoms with E-state index in [4.69, 9.17) is 33.3 Å². The Morgan fingerprint density at radius 3 is 2.05 bits per heavy atom. The highest BCUT2D eigenvalue weighted by Crippen LogP contribution is 2.53. The second kappa shape index (κ2) is 10.7. The molecule has 7 N–H and O–H groups in total. The molecule has 3 aromatic heterocycles. The smallest absolute Gasteiger partial charge is 0.386 e. The number of hydrogen-bond donors (Lipinski definition) is 6. The summed E-state index contributed by atoms with van der Waals surface area (Å²) in [4.78, 5) is 58.5. The summed E-state index contributed by atoms with van der Waals surface area (Å²) in [6, 6.07) is 0.960. The van der Waals surface area contributed by atoms with Crippen molar-refractivity contribution >= 4 is 32.6 Å². The highest BCUT2D eigenvalue weighted by Gasteiger charge is 2.53. The van der Waals surface area contributed by atoms with Crippen molar-refractivity contribution in [2.75, 3.05) is 18.9 Å². The van der Waals surface area contributed by atoms with E-state index in [0.29, 0.717) is 0 Å². The van der Waals surface area contributed by atoms with Gasteiger partial charge in [0.2, 0.25) is 0 Å². The molecule has 3 aliphatic heterocycles. The van der Waals surface area contributed by atoms with Crippen LogP contribution in [-0.4, -0.2) is 98.9 Å². The SMILES string of the molecule is Nc1ncnc2c1ncn2[C@@H]1O[C@@H]2COP(=O)(O)O[C@@H]3[C@H](O)[C@@H](n4ccc(=O)[nH]c4=O)O[C@@H]3COP(=O)(O)O[C@H]2[C@H]1O. The van der Waals surface area contributed by atoms with Gasteiger partial charge in [-0.3, -0.25) is 37.0 Å². The molecule has 0 spiro atoms. The number of anilines is 1. The van der Waals surface area contributed by atoms with Gasteiger partial charge in [-0.2, -0.15) is 0 Å². The van der Waals surface area contributed by atoms with E-state index in [0.717, 1.165) is 23.2 Å². The van der Waals surface area contributed by atoms with Crippen LogP contribution in [-0.2, 0) is 36.7 Å². The van der Waals surface area contributed by atoms with Crippen LogP contribution in [0.4, 0.5) is 5.82 Å². The number of ether oxygens (including phenoxy) is 2. The molecule has 3 aromatic rings. The lowest BCUT2D eigenvalue weighted by Gasteiger charge is -2.27. The average molecular weight is 635 g/mol. The number of phosphoric acid groups is 2. The van der Waals surface area contributed by atoms with Crippen molar-refractivity contribution < 1.29 is 56.7 Å². The normalized spacial score (nSPS) is 39.3. The van der Waals surface area contributed by atoms with Crippen LogP contribution in [0.1, 0.15) is 12.5 Å². The largest absolute Gasteiger partial charge is 0.472 e. The van der Waals surface area contributed by atoms with E-state index in [1.54, 1.807) is 0 Å². The summed E-state index contributed by atoms with van der Waals surface area (Å²) in [5, 5.41) is 21.9. The number of nitrogens with one attached hydrogen (secondary N) is 1. The number of imidazole rings is 1. The first-order valence-corrected chi connectivity index (χ1v) is 15.1. The summed E-state index contributed by atoms with van der Waals surface area (Å²) < 4.78 is 59.6.